The second kappa shape index (κ2) is 21.7. The Labute approximate surface area is 466 Å². The van der Waals surface area contributed by atoms with E-state index < -0.39 is 22.5 Å². The van der Waals surface area contributed by atoms with Gasteiger partial charge in [0, 0.05) is 91.5 Å². The number of hydrogen-bond donors (Lipinski definition) is 5. The molecule has 2 atom stereocenters. The molecule has 7 aromatic rings. The van der Waals surface area contributed by atoms with E-state index in [1.165, 1.54) is 34.5 Å². The van der Waals surface area contributed by atoms with Crippen molar-refractivity contribution in [3.8, 4) is 46.5 Å². The summed E-state index contributed by atoms with van der Waals surface area (Å²) in [5, 5.41) is 45.1. The molecule has 414 valence electrons. The summed E-state index contributed by atoms with van der Waals surface area (Å²) in [5.74, 6) is -0.757. The Morgan fingerprint density at radius 3 is 2.06 bits per heavy atom. The molecule has 5 aromatic carbocycles. The highest BCUT2D eigenvalue weighted by Gasteiger charge is 2.39. The van der Waals surface area contributed by atoms with Crippen molar-refractivity contribution in [2.24, 2.45) is 4.99 Å². The number of methoxy groups -OCH3 is 2. The summed E-state index contributed by atoms with van der Waals surface area (Å²) < 4.78 is 26.2. The molecule has 5 N–H and O–H groups in total. The van der Waals surface area contributed by atoms with Gasteiger partial charge >= 0.3 is 5.97 Å². The number of nitrogens with zero attached hydrogens (tertiary/aromatic N) is 6. The minimum atomic E-state index is -0.809. The number of benzene rings is 5. The van der Waals surface area contributed by atoms with Gasteiger partial charge < -0.3 is 59.3 Å². The molecular weight excluding hydrogens is 1040 g/mol. The molecule has 6 heterocycles. The molecule has 0 aliphatic carbocycles. The molecule has 2 amide bonds. The van der Waals surface area contributed by atoms with Crippen LogP contribution in [-0.2, 0) is 37.4 Å². The van der Waals surface area contributed by atoms with Gasteiger partial charge in [-0.2, -0.15) is 0 Å². The highest BCUT2D eigenvalue weighted by molar-refractivity contribution is 8.00. The maximum absolute atomic E-state index is 14.2. The zero-order chi connectivity index (χ0) is 56.0. The zero-order valence-corrected chi connectivity index (χ0v) is 45.7. The van der Waals surface area contributed by atoms with Crippen molar-refractivity contribution in [1.29, 1.82) is 0 Å². The summed E-state index contributed by atoms with van der Waals surface area (Å²) in [7, 11) is 5.11. The SMILES string of the molecule is COc1cc2c(cc1OCc1cc(COc3cc4c(cc3OC)C(=O)N3c5ccccc5CC3CN4)cc(N(C)CCCC(C)(C)Sc3cc(O)n(CCC(=O)On4c(O)ccc4O)c3O)c1)N=CC1Cc3ccccc3N1C2=O. The van der Waals surface area contributed by atoms with Crippen LogP contribution in [0.5, 0.6) is 46.5 Å². The predicted molar refractivity (Wildman–Crippen MR) is 303 cm³/mol. The normalized spacial score (nSPS) is 15.9. The van der Waals surface area contributed by atoms with E-state index in [1.807, 2.05) is 72.8 Å². The van der Waals surface area contributed by atoms with E-state index in [4.69, 9.17) is 28.8 Å². The molecule has 4 aliphatic heterocycles. The van der Waals surface area contributed by atoms with Gasteiger partial charge in [-0.1, -0.05) is 50.2 Å². The number of anilines is 4. The van der Waals surface area contributed by atoms with Crippen LogP contribution in [0.4, 0.5) is 28.4 Å². The Morgan fingerprint density at radius 1 is 0.750 bits per heavy atom. The summed E-state index contributed by atoms with van der Waals surface area (Å²) in [6.07, 6.45) is 4.41. The van der Waals surface area contributed by atoms with E-state index >= 15 is 0 Å². The van der Waals surface area contributed by atoms with Crippen LogP contribution >= 0.6 is 11.8 Å². The number of nitrogens with one attached hydrogen (secondary N) is 1. The number of thioether (sulfide) groups is 1. The molecule has 0 fully saturated rings. The van der Waals surface area contributed by atoms with Gasteiger partial charge in [-0.05, 0) is 84.0 Å². The Kier molecular flexibility index (Phi) is 14.4. The lowest BCUT2D eigenvalue weighted by molar-refractivity contribution is -0.145. The first-order valence-electron chi connectivity index (χ1n) is 26.3. The zero-order valence-electron chi connectivity index (χ0n) is 44.8. The van der Waals surface area contributed by atoms with Crippen molar-refractivity contribution in [2.45, 2.75) is 87.4 Å². The van der Waals surface area contributed by atoms with E-state index in [-0.39, 0.29) is 61.8 Å². The van der Waals surface area contributed by atoms with Crippen LogP contribution in [-0.4, -0.2) is 105 Å². The van der Waals surface area contributed by atoms with Gasteiger partial charge in [-0.3, -0.25) is 24.0 Å². The highest BCUT2D eigenvalue weighted by atomic mass is 32.2. The Hall–Kier alpha value is -8.91. The van der Waals surface area contributed by atoms with Gasteiger partial charge in [0.1, 0.15) is 13.2 Å². The summed E-state index contributed by atoms with van der Waals surface area (Å²) in [4.78, 5) is 56.9. The molecule has 0 saturated heterocycles. The van der Waals surface area contributed by atoms with Crippen molar-refractivity contribution < 1.29 is 58.6 Å². The molecule has 0 bridgehead atoms. The third-order valence-electron chi connectivity index (χ3n) is 15.0. The number of amides is 2. The fourth-order valence-corrected chi connectivity index (χ4v) is 12.1. The molecule has 0 radical (unpaired) electrons. The Balaban J connectivity index is 0.806. The van der Waals surface area contributed by atoms with Crippen molar-refractivity contribution in [1.82, 2.24) is 9.30 Å². The van der Waals surface area contributed by atoms with Crippen molar-refractivity contribution in [2.75, 3.05) is 54.4 Å². The lowest BCUT2D eigenvalue weighted by Crippen LogP contribution is -2.39. The molecule has 80 heavy (non-hydrogen) atoms. The van der Waals surface area contributed by atoms with Crippen LogP contribution in [0.3, 0.4) is 0 Å². The number of para-hydroxylation sites is 2. The predicted octanol–water partition coefficient (Wildman–Crippen LogP) is 9.40. The monoisotopic (exact) mass is 1100 g/mol. The molecule has 2 unspecified atom stereocenters. The van der Waals surface area contributed by atoms with Gasteiger partial charge in [0.25, 0.3) is 11.8 Å². The van der Waals surface area contributed by atoms with Crippen LogP contribution in [0.15, 0.2) is 119 Å². The maximum atomic E-state index is 14.2. The Morgan fingerprint density at radius 2 is 1.38 bits per heavy atom. The maximum Gasteiger partial charge on any atom is 0.335 e. The number of fused-ring (bicyclic) bond motifs is 8. The smallest absolute Gasteiger partial charge is 0.335 e. The second-order valence-corrected chi connectivity index (χ2v) is 22.6. The molecule has 2 aromatic heterocycles. The topological polar surface area (TPSA) is 222 Å². The quantitative estimate of drug-likeness (QED) is 0.0476. The van der Waals surface area contributed by atoms with Crippen LogP contribution in [0.25, 0.3) is 0 Å². The van der Waals surface area contributed by atoms with Crippen LogP contribution in [0, 0.1) is 0 Å². The average Bonchev–Trinajstić information content (AvgIpc) is 4.16. The first kappa shape index (κ1) is 53.1. The minimum absolute atomic E-state index is 0.0380. The van der Waals surface area contributed by atoms with Gasteiger partial charge in [0.05, 0.1) is 60.1 Å². The van der Waals surface area contributed by atoms with E-state index in [1.54, 1.807) is 37.3 Å². The van der Waals surface area contributed by atoms with E-state index in [9.17, 15) is 34.8 Å². The fourth-order valence-electron chi connectivity index (χ4n) is 10.9. The van der Waals surface area contributed by atoms with E-state index in [0.29, 0.717) is 81.1 Å². The fraction of sp³-hybridized carbons (Fsp3) is 0.300. The second-order valence-electron chi connectivity index (χ2n) is 20.8. The number of rotatable bonds is 19. The number of carbonyl (C=O) groups excluding carboxylic acids is 3. The number of carbonyl (C=O) groups is 3. The molecule has 4 aliphatic rings. The third kappa shape index (κ3) is 10.4. The van der Waals surface area contributed by atoms with Gasteiger partial charge in [0.2, 0.25) is 17.6 Å². The lowest BCUT2D eigenvalue weighted by Gasteiger charge is -2.26. The minimum Gasteiger partial charge on any atom is -0.494 e. The van der Waals surface area contributed by atoms with Crippen LogP contribution in [0.1, 0.15) is 76.1 Å². The number of aromatic hydroxyl groups is 4. The summed E-state index contributed by atoms with van der Waals surface area (Å²) >= 11 is 1.39. The van der Waals surface area contributed by atoms with Crippen LogP contribution in [0.2, 0.25) is 0 Å². The summed E-state index contributed by atoms with van der Waals surface area (Å²) in [6, 6.07) is 32.6. The number of hydrogen-bond acceptors (Lipinski definition) is 16. The van der Waals surface area contributed by atoms with Crippen molar-refractivity contribution >= 4 is 64.2 Å². The first-order chi connectivity index (χ1) is 38.6. The lowest BCUT2D eigenvalue weighted by atomic mass is 10.1. The van der Waals surface area contributed by atoms with Gasteiger partial charge in [-0.15, -0.1) is 16.5 Å². The standard InChI is InChI=1S/C60H61N7O12S/c1-60(2,80-52-30-55(70)64(59(52)74)20-17-56(71)79-67-53(68)15-16-54(67)69)18-10-19-63(3)39-22-35(33-77-50-28-44-42(26-48(50)75-4)57(72)65-40(31-61-44)24-37-11-6-8-13-46(37)65)21-36(23-39)34-78-51-29-45-43(27-49(51)76-5)58(73)66-41(32-62-45)25-38-12-7-9-14-47(38)66/h6-9,11-16,21-23,26-31,40-41,62,68-70,74H,10,17-20,24-25,32-34H2,1-5H3. The molecule has 20 heteroatoms. The van der Waals surface area contributed by atoms with Crippen molar-refractivity contribution in [3.05, 3.63) is 143 Å². The van der Waals surface area contributed by atoms with Crippen LogP contribution < -0.4 is 43.8 Å². The summed E-state index contributed by atoms with van der Waals surface area (Å²) in [5.41, 5.74) is 8.63. The van der Waals surface area contributed by atoms with Gasteiger partial charge in [-0.25, -0.2) is 4.79 Å². The first-order valence-corrected chi connectivity index (χ1v) is 27.1. The highest BCUT2D eigenvalue weighted by Crippen LogP contribution is 2.46. The van der Waals surface area contributed by atoms with E-state index in [0.717, 1.165) is 52.2 Å². The van der Waals surface area contributed by atoms with E-state index in [2.05, 4.69) is 42.3 Å². The van der Waals surface area contributed by atoms with Crippen molar-refractivity contribution in [3.63, 3.8) is 0 Å². The number of ether oxygens (including phenoxy) is 4. The largest absolute Gasteiger partial charge is 0.494 e. The molecular formula is C60H61N7O12S. The molecule has 0 saturated carbocycles. The Bertz CT molecular complexity index is 3570. The molecule has 11 rings (SSSR count). The number of aromatic nitrogens is 2. The summed E-state index contributed by atoms with van der Waals surface area (Å²) in [6.45, 7) is 5.45. The average molecular weight is 1100 g/mol. The number of aliphatic imine (C=N–C) groups is 1. The molecule has 19 nitrogen and oxygen atoms in total. The molecule has 0 spiro atoms. The third-order valence-corrected chi connectivity index (χ3v) is 16.2. The van der Waals surface area contributed by atoms with Gasteiger partial charge in [0.15, 0.2) is 28.9 Å².